The highest BCUT2D eigenvalue weighted by molar-refractivity contribution is 6.74. The summed E-state index contributed by atoms with van der Waals surface area (Å²) in [5, 5.41) is 9.29. The van der Waals surface area contributed by atoms with E-state index in [9.17, 15) is 9.90 Å². The molecule has 0 aromatic carbocycles. The molecule has 0 spiro atoms. The van der Waals surface area contributed by atoms with E-state index >= 15 is 0 Å². The van der Waals surface area contributed by atoms with Gasteiger partial charge in [0.05, 0.1) is 6.61 Å². The molecule has 0 rings (SSSR count). The van der Waals surface area contributed by atoms with Crippen LogP contribution in [0.4, 0.5) is 0 Å². The largest absolute Gasteiger partial charge is 0.479 e. The van der Waals surface area contributed by atoms with Crippen molar-refractivity contribution >= 4 is 14.3 Å². The van der Waals surface area contributed by atoms with Crippen LogP contribution in [0.3, 0.4) is 0 Å². The monoisotopic (exact) mass is 262 g/mol. The van der Waals surface area contributed by atoms with Crippen LogP contribution in [-0.2, 0) is 14.0 Å². The SMILES string of the molecule is CCOC[C@](C)(O[Si](C)(C)C(C)(C)C)C(=O)O. The minimum absolute atomic E-state index is 0.0179. The average Bonchev–Trinajstić information content (AvgIpc) is 2.12. The number of hydrogen-bond donors (Lipinski definition) is 1. The van der Waals surface area contributed by atoms with Crippen molar-refractivity contribution in [3.05, 3.63) is 0 Å². The highest BCUT2D eigenvalue weighted by Gasteiger charge is 2.46. The molecule has 1 N–H and O–H groups in total. The molecule has 0 aromatic heterocycles. The van der Waals surface area contributed by atoms with Gasteiger partial charge in [-0.1, -0.05) is 20.8 Å². The van der Waals surface area contributed by atoms with E-state index < -0.39 is 19.9 Å². The van der Waals surface area contributed by atoms with Gasteiger partial charge in [-0.15, -0.1) is 0 Å². The summed E-state index contributed by atoms with van der Waals surface area (Å²) in [5.74, 6) is -0.962. The number of rotatable bonds is 6. The second-order valence-electron chi connectivity index (χ2n) is 6.04. The normalized spacial score (nSPS) is 16.6. The summed E-state index contributed by atoms with van der Waals surface area (Å²) >= 11 is 0. The van der Waals surface area contributed by atoms with Crippen LogP contribution in [0.5, 0.6) is 0 Å². The van der Waals surface area contributed by atoms with Gasteiger partial charge in [0.1, 0.15) is 0 Å². The van der Waals surface area contributed by atoms with E-state index in [0.717, 1.165) is 0 Å². The topological polar surface area (TPSA) is 55.8 Å². The summed E-state index contributed by atoms with van der Waals surface area (Å²) in [4.78, 5) is 11.3. The van der Waals surface area contributed by atoms with Crippen molar-refractivity contribution in [1.29, 1.82) is 0 Å². The van der Waals surface area contributed by atoms with Crippen molar-refractivity contribution in [2.45, 2.75) is 58.4 Å². The second kappa shape index (κ2) is 5.50. The molecule has 1 atom stereocenters. The lowest BCUT2D eigenvalue weighted by atomic mass is 10.1. The summed E-state index contributed by atoms with van der Waals surface area (Å²) in [6, 6.07) is 0. The molecule has 0 aliphatic carbocycles. The Kier molecular flexibility index (Phi) is 5.37. The van der Waals surface area contributed by atoms with Gasteiger partial charge in [0, 0.05) is 6.61 Å². The standard InChI is InChI=1S/C12H26O4Si/c1-8-15-9-12(5,10(13)14)16-17(6,7)11(2,3)4/h8-9H2,1-7H3,(H,13,14)/t12-/m0/s1. The first-order valence-corrected chi connectivity index (χ1v) is 8.88. The van der Waals surface area contributed by atoms with Crippen molar-refractivity contribution < 1.29 is 19.1 Å². The highest BCUT2D eigenvalue weighted by Crippen LogP contribution is 2.39. The summed E-state index contributed by atoms with van der Waals surface area (Å²) in [7, 11) is -2.11. The van der Waals surface area contributed by atoms with Crippen LogP contribution < -0.4 is 0 Å². The number of ether oxygens (including phenoxy) is 1. The van der Waals surface area contributed by atoms with Gasteiger partial charge in [-0.3, -0.25) is 0 Å². The maximum absolute atomic E-state index is 11.3. The Morgan fingerprint density at radius 3 is 2.00 bits per heavy atom. The fraction of sp³-hybridized carbons (Fsp3) is 0.917. The van der Waals surface area contributed by atoms with E-state index in [0.29, 0.717) is 6.61 Å². The molecule has 0 amide bonds. The molecule has 0 fully saturated rings. The molecule has 0 radical (unpaired) electrons. The highest BCUT2D eigenvalue weighted by atomic mass is 28.4. The minimum atomic E-state index is -2.11. The van der Waals surface area contributed by atoms with E-state index in [-0.39, 0.29) is 11.6 Å². The van der Waals surface area contributed by atoms with Gasteiger partial charge in [0.2, 0.25) is 0 Å². The van der Waals surface area contributed by atoms with E-state index in [2.05, 4.69) is 20.8 Å². The first-order chi connectivity index (χ1) is 7.46. The Labute approximate surface area is 105 Å². The predicted octanol–water partition coefficient (Wildman–Crippen LogP) is 2.89. The third kappa shape index (κ3) is 4.41. The second-order valence-corrected chi connectivity index (χ2v) is 10.8. The zero-order valence-electron chi connectivity index (χ0n) is 12.1. The van der Waals surface area contributed by atoms with Gasteiger partial charge in [-0.05, 0) is 32.0 Å². The summed E-state index contributed by atoms with van der Waals surface area (Å²) in [6.07, 6.45) is 0. The molecule has 0 aliphatic heterocycles. The molecule has 0 aliphatic rings. The molecule has 0 aromatic rings. The van der Waals surface area contributed by atoms with Gasteiger partial charge in [-0.2, -0.15) is 0 Å². The van der Waals surface area contributed by atoms with Crippen molar-refractivity contribution in [3.63, 3.8) is 0 Å². The van der Waals surface area contributed by atoms with Gasteiger partial charge < -0.3 is 14.3 Å². The summed E-state index contributed by atoms with van der Waals surface area (Å²) in [5.41, 5.74) is -1.25. The number of carboxylic acid groups (broad SMARTS) is 1. The van der Waals surface area contributed by atoms with E-state index in [1.165, 1.54) is 0 Å². The van der Waals surface area contributed by atoms with Crippen LogP contribution in [-0.4, -0.2) is 38.2 Å². The Balaban J connectivity index is 4.94. The van der Waals surface area contributed by atoms with E-state index in [1.54, 1.807) is 6.92 Å². The van der Waals surface area contributed by atoms with Gasteiger partial charge in [-0.25, -0.2) is 4.79 Å². The quantitative estimate of drug-likeness (QED) is 0.748. The Morgan fingerprint density at radius 2 is 1.71 bits per heavy atom. The Morgan fingerprint density at radius 1 is 1.24 bits per heavy atom. The first-order valence-electron chi connectivity index (χ1n) is 5.97. The minimum Gasteiger partial charge on any atom is -0.479 e. The van der Waals surface area contributed by atoms with Crippen molar-refractivity contribution in [3.8, 4) is 0 Å². The lowest BCUT2D eigenvalue weighted by Gasteiger charge is -2.42. The van der Waals surface area contributed by atoms with Crippen LogP contribution in [0.2, 0.25) is 18.1 Å². The fourth-order valence-corrected chi connectivity index (χ4v) is 2.73. The Hall–Kier alpha value is -0.393. The summed E-state index contributed by atoms with van der Waals surface area (Å²) < 4.78 is 11.2. The predicted molar refractivity (Wildman–Crippen MR) is 70.8 cm³/mol. The third-order valence-corrected chi connectivity index (χ3v) is 7.89. The molecule has 4 nitrogen and oxygen atoms in total. The molecule has 102 valence electrons. The van der Waals surface area contributed by atoms with Crippen LogP contribution in [0.15, 0.2) is 0 Å². The molecule has 0 saturated carbocycles. The molecular formula is C12H26O4Si. The molecule has 5 heteroatoms. The van der Waals surface area contributed by atoms with Crippen LogP contribution >= 0.6 is 0 Å². The van der Waals surface area contributed by atoms with Gasteiger partial charge in [0.15, 0.2) is 13.9 Å². The number of hydrogen-bond acceptors (Lipinski definition) is 3. The zero-order valence-corrected chi connectivity index (χ0v) is 13.1. The molecule has 0 heterocycles. The number of aliphatic carboxylic acids is 1. The van der Waals surface area contributed by atoms with Crippen LogP contribution in [0.25, 0.3) is 0 Å². The van der Waals surface area contributed by atoms with E-state index in [4.69, 9.17) is 9.16 Å². The number of carboxylic acids is 1. The first kappa shape index (κ1) is 16.6. The van der Waals surface area contributed by atoms with Gasteiger partial charge in [0.25, 0.3) is 0 Å². The molecule has 0 unspecified atom stereocenters. The van der Waals surface area contributed by atoms with Crippen LogP contribution in [0, 0.1) is 0 Å². The van der Waals surface area contributed by atoms with Crippen molar-refractivity contribution in [2.75, 3.05) is 13.2 Å². The molecule has 17 heavy (non-hydrogen) atoms. The van der Waals surface area contributed by atoms with Crippen molar-refractivity contribution in [2.24, 2.45) is 0 Å². The molecule has 0 saturated heterocycles. The Bertz CT molecular complexity index is 270. The fourth-order valence-electron chi connectivity index (χ4n) is 1.15. The number of carbonyl (C=O) groups is 1. The van der Waals surface area contributed by atoms with Gasteiger partial charge >= 0.3 is 5.97 Å². The van der Waals surface area contributed by atoms with Crippen LogP contribution in [0.1, 0.15) is 34.6 Å². The van der Waals surface area contributed by atoms with E-state index in [1.807, 2.05) is 20.0 Å². The lowest BCUT2D eigenvalue weighted by Crippen LogP contribution is -2.54. The maximum Gasteiger partial charge on any atom is 0.336 e. The molecular weight excluding hydrogens is 236 g/mol. The third-order valence-electron chi connectivity index (χ3n) is 3.32. The van der Waals surface area contributed by atoms with Crippen molar-refractivity contribution in [1.82, 2.24) is 0 Å². The zero-order chi connectivity index (χ0) is 13.9. The smallest absolute Gasteiger partial charge is 0.336 e. The maximum atomic E-state index is 11.3. The summed E-state index contributed by atoms with van der Waals surface area (Å²) in [6.45, 7) is 14.3. The average molecular weight is 262 g/mol. The lowest BCUT2D eigenvalue weighted by molar-refractivity contribution is -0.160. The molecule has 0 bridgehead atoms.